The second-order valence-corrected chi connectivity index (χ2v) is 7.79. The number of hydrogen-bond donors (Lipinski definition) is 1. The minimum atomic E-state index is -0.483. The van der Waals surface area contributed by atoms with Gasteiger partial charge in [-0.1, -0.05) is 25.1 Å². The molecule has 25 heavy (non-hydrogen) atoms. The first kappa shape index (κ1) is 17.6. The average molecular weight is 373 g/mol. The van der Waals surface area contributed by atoms with Crippen molar-refractivity contribution in [2.45, 2.75) is 32.9 Å². The fourth-order valence-corrected chi connectivity index (χ4v) is 3.96. The van der Waals surface area contributed by atoms with Crippen LogP contribution in [0.15, 0.2) is 47.8 Å². The van der Waals surface area contributed by atoms with Crippen LogP contribution in [0.4, 0.5) is 0 Å². The van der Waals surface area contributed by atoms with Crippen molar-refractivity contribution in [3.63, 3.8) is 0 Å². The van der Waals surface area contributed by atoms with Crippen LogP contribution in [-0.4, -0.2) is 17.0 Å². The summed E-state index contributed by atoms with van der Waals surface area (Å²) in [7, 11) is 0. The summed E-state index contributed by atoms with van der Waals surface area (Å²) in [5.41, 5.74) is 1.00. The molecule has 0 aliphatic heterocycles. The number of nitrogens with one attached hydrogen (secondary N) is 1. The third-order valence-corrected chi connectivity index (χ3v) is 5.54. The first-order valence-electron chi connectivity index (χ1n) is 8.16. The Kier molecular flexibility index (Phi) is 5.83. The number of rotatable bonds is 7. The number of carbonyl (C=O) groups excluding carboxylic acids is 1. The summed E-state index contributed by atoms with van der Waals surface area (Å²) in [6, 6.07) is 13.5. The summed E-state index contributed by atoms with van der Waals surface area (Å²) in [4.78, 5) is 19.1. The maximum atomic E-state index is 12.4. The fourth-order valence-electron chi connectivity index (χ4n) is 2.36. The molecule has 2 aromatic heterocycles. The summed E-state index contributed by atoms with van der Waals surface area (Å²) < 4.78 is 5.77. The van der Waals surface area contributed by atoms with Crippen molar-refractivity contribution in [1.82, 2.24) is 10.3 Å². The second kappa shape index (κ2) is 8.27. The van der Waals surface area contributed by atoms with E-state index in [2.05, 4.69) is 21.7 Å². The Morgan fingerprint density at radius 3 is 2.72 bits per heavy atom. The van der Waals surface area contributed by atoms with Crippen LogP contribution in [0.25, 0.3) is 10.6 Å². The largest absolute Gasteiger partial charge is 0.481 e. The van der Waals surface area contributed by atoms with Gasteiger partial charge in [0.05, 0.1) is 22.1 Å². The Bertz CT molecular complexity index is 827. The maximum Gasteiger partial charge on any atom is 0.261 e. The van der Waals surface area contributed by atoms with Crippen molar-refractivity contribution < 1.29 is 9.53 Å². The van der Waals surface area contributed by atoms with Crippen molar-refractivity contribution >= 4 is 28.6 Å². The number of benzene rings is 1. The first-order chi connectivity index (χ1) is 12.2. The Morgan fingerprint density at radius 2 is 2.04 bits per heavy atom. The highest BCUT2D eigenvalue weighted by molar-refractivity contribution is 7.16. The quantitative estimate of drug-likeness (QED) is 0.656. The van der Waals surface area contributed by atoms with E-state index in [9.17, 15) is 4.79 Å². The molecule has 0 aliphatic carbocycles. The molecule has 3 rings (SSSR count). The number of amides is 1. The summed E-state index contributed by atoms with van der Waals surface area (Å²) in [5, 5.41) is 6.09. The van der Waals surface area contributed by atoms with Gasteiger partial charge in [-0.2, -0.15) is 0 Å². The molecule has 0 radical (unpaired) electrons. The molecular weight excluding hydrogens is 352 g/mol. The van der Waals surface area contributed by atoms with Crippen molar-refractivity contribution in [2.75, 3.05) is 0 Å². The van der Waals surface area contributed by atoms with Gasteiger partial charge in [-0.05, 0) is 37.6 Å². The van der Waals surface area contributed by atoms with Crippen LogP contribution in [0.5, 0.6) is 5.75 Å². The van der Waals surface area contributed by atoms with Crippen LogP contribution in [-0.2, 0) is 11.3 Å². The van der Waals surface area contributed by atoms with Crippen LogP contribution < -0.4 is 10.1 Å². The van der Waals surface area contributed by atoms with Crippen LogP contribution in [0, 0.1) is 6.92 Å². The molecule has 6 heteroatoms. The van der Waals surface area contributed by atoms with Gasteiger partial charge in [0.1, 0.15) is 5.75 Å². The standard InChI is InChI=1S/C19H20N2O2S2/c1-3-17(23-14-7-5-4-6-8-14)19(22)20-11-15-9-10-18(25-15)16-12-24-13(2)21-16/h4-10,12,17H,3,11H2,1-2H3,(H,20,22)/t17-/m1/s1. The maximum absolute atomic E-state index is 12.4. The lowest BCUT2D eigenvalue weighted by molar-refractivity contribution is -0.128. The van der Waals surface area contributed by atoms with Crippen LogP contribution >= 0.6 is 22.7 Å². The predicted octanol–water partition coefficient (Wildman–Crippen LogP) is 4.65. The number of para-hydroxylation sites is 1. The highest BCUT2D eigenvalue weighted by Crippen LogP contribution is 2.29. The van der Waals surface area contributed by atoms with Crippen molar-refractivity contribution in [2.24, 2.45) is 0 Å². The molecule has 0 bridgehead atoms. The minimum Gasteiger partial charge on any atom is -0.481 e. The number of hydrogen-bond acceptors (Lipinski definition) is 5. The van der Waals surface area contributed by atoms with Gasteiger partial charge >= 0.3 is 0 Å². The van der Waals surface area contributed by atoms with E-state index in [1.54, 1.807) is 22.7 Å². The molecule has 4 nitrogen and oxygen atoms in total. The molecule has 1 atom stereocenters. The van der Waals surface area contributed by atoms with Crippen LogP contribution in [0.1, 0.15) is 23.2 Å². The number of thiophene rings is 1. The average Bonchev–Trinajstić information content (AvgIpc) is 3.27. The highest BCUT2D eigenvalue weighted by Gasteiger charge is 2.18. The van der Waals surface area contributed by atoms with Crippen molar-refractivity contribution in [3.05, 3.63) is 57.7 Å². The molecule has 3 aromatic rings. The molecule has 2 heterocycles. The van der Waals surface area contributed by atoms with E-state index < -0.39 is 6.10 Å². The third-order valence-electron chi connectivity index (χ3n) is 3.65. The summed E-state index contributed by atoms with van der Waals surface area (Å²) in [6.45, 7) is 4.45. The molecular formula is C19H20N2O2S2. The SMILES string of the molecule is CC[C@@H](Oc1ccccc1)C(=O)NCc1ccc(-c2csc(C)n2)s1. The fraction of sp³-hybridized carbons (Fsp3) is 0.263. The summed E-state index contributed by atoms with van der Waals surface area (Å²) >= 11 is 3.30. The van der Waals surface area contributed by atoms with E-state index in [4.69, 9.17) is 4.74 Å². The van der Waals surface area contributed by atoms with Crippen LogP contribution in [0.3, 0.4) is 0 Å². The van der Waals surface area contributed by atoms with E-state index in [1.165, 1.54) is 0 Å². The minimum absolute atomic E-state index is 0.0918. The van der Waals surface area contributed by atoms with E-state index in [-0.39, 0.29) is 5.91 Å². The number of aromatic nitrogens is 1. The number of ether oxygens (including phenoxy) is 1. The lowest BCUT2D eigenvalue weighted by Crippen LogP contribution is -2.37. The van der Waals surface area contributed by atoms with Gasteiger partial charge in [-0.25, -0.2) is 4.98 Å². The molecule has 130 valence electrons. The molecule has 0 unspecified atom stereocenters. The molecule has 0 fully saturated rings. The monoisotopic (exact) mass is 372 g/mol. The van der Waals surface area contributed by atoms with Crippen LogP contribution in [0.2, 0.25) is 0 Å². The van der Waals surface area contributed by atoms with E-state index >= 15 is 0 Å². The van der Waals surface area contributed by atoms with E-state index in [0.29, 0.717) is 18.7 Å². The zero-order valence-corrected chi connectivity index (χ0v) is 15.8. The lowest BCUT2D eigenvalue weighted by Gasteiger charge is -2.17. The van der Waals surface area contributed by atoms with Gasteiger partial charge in [-0.3, -0.25) is 4.79 Å². The van der Waals surface area contributed by atoms with Crippen molar-refractivity contribution in [1.29, 1.82) is 0 Å². The number of aryl methyl sites for hydroxylation is 1. The predicted molar refractivity (Wildman–Crippen MR) is 103 cm³/mol. The molecule has 1 aromatic carbocycles. The van der Waals surface area contributed by atoms with Crippen molar-refractivity contribution in [3.8, 4) is 16.3 Å². The van der Waals surface area contributed by atoms with Gasteiger partial charge in [0.15, 0.2) is 6.10 Å². The Balaban J connectivity index is 1.57. The van der Waals surface area contributed by atoms with Gasteiger partial charge in [0.2, 0.25) is 0 Å². The van der Waals surface area contributed by atoms with E-state index in [1.807, 2.05) is 50.2 Å². The Hall–Kier alpha value is -2.18. The number of carbonyl (C=O) groups is 1. The molecule has 1 N–H and O–H groups in total. The topological polar surface area (TPSA) is 51.2 Å². The van der Waals surface area contributed by atoms with Gasteiger partial charge in [0, 0.05) is 10.3 Å². The molecule has 1 amide bonds. The normalized spacial score (nSPS) is 11.9. The van der Waals surface area contributed by atoms with Gasteiger partial charge in [0.25, 0.3) is 5.91 Å². The van der Waals surface area contributed by atoms with E-state index in [0.717, 1.165) is 20.5 Å². The summed E-state index contributed by atoms with van der Waals surface area (Å²) in [5.74, 6) is 0.618. The smallest absolute Gasteiger partial charge is 0.261 e. The zero-order valence-electron chi connectivity index (χ0n) is 14.2. The molecule has 0 saturated carbocycles. The second-order valence-electron chi connectivity index (χ2n) is 5.56. The third kappa shape index (κ3) is 4.67. The number of thiazole rings is 1. The molecule has 0 aliphatic rings. The van der Waals surface area contributed by atoms with Gasteiger partial charge in [-0.15, -0.1) is 22.7 Å². The highest BCUT2D eigenvalue weighted by atomic mass is 32.1. The first-order valence-corrected chi connectivity index (χ1v) is 9.86. The summed E-state index contributed by atoms with van der Waals surface area (Å²) in [6.07, 6.45) is 0.136. The number of nitrogens with zero attached hydrogens (tertiary/aromatic N) is 1. The molecule has 0 saturated heterocycles. The Labute approximate surface area is 155 Å². The Morgan fingerprint density at radius 1 is 1.24 bits per heavy atom. The lowest BCUT2D eigenvalue weighted by atomic mass is 10.2. The zero-order chi connectivity index (χ0) is 17.6. The van der Waals surface area contributed by atoms with Gasteiger partial charge < -0.3 is 10.1 Å². The molecule has 0 spiro atoms.